The molecule has 0 aliphatic rings. The van der Waals surface area contributed by atoms with E-state index in [2.05, 4.69) is 10.6 Å². The van der Waals surface area contributed by atoms with Crippen LogP contribution in [0.5, 0.6) is 5.75 Å². The molecule has 2 aromatic rings. The molecule has 0 radical (unpaired) electrons. The van der Waals surface area contributed by atoms with Crippen molar-refractivity contribution in [3.05, 3.63) is 65.4 Å². The zero-order valence-electron chi connectivity index (χ0n) is 13.6. The predicted octanol–water partition coefficient (Wildman–Crippen LogP) is 3.72. The highest BCUT2D eigenvalue weighted by molar-refractivity contribution is 6.07. The van der Waals surface area contributed by atoms with Gasteiger partial charge in [-0.1, -0.05) is 37.3 Å². The number of para-hydroxylation sites is 3. The Hall–Kier alpha value is -3.26. The van der Waals surface area contributed by atoms with Gasteiger partial charge in [-0.05, 0) is 36.6 Å². The van der Waals surface area contributed by atoms with E-state index < -0.39 is 5.91 Å². The highest BCUT2D eigenvalue weighted by atomic mass is 16.3. The summed E-state index contributed by atoms with van der Waals surface area (Å²) in [5.74, 6) is -0.638. The van der Waals surface area contributed by atoms with E-state index in [1.807, 2.05) is 38.1 Å². The van der Waals surface area contributed by atoms with Gasteiger partial charge in [0.1, 0.15) is 17.4 Å². The van der Waals surface area contributed by atoms with Crippen molar-refractivity contribution in [2.45, 2.75) is 20.3 Å². The lowest BCUT2D eigenvalue weighted by Crippen LogP contribution is -2.14. The third kappa shape index (κ3) is 3.93. The van der Waals surface area contributed by atoms with Gasteiger partial charge in [-0.3, -0.25) is 4.79 Å². The van der Waals surface area contributed by atoms with Crippen molar-refractivity contribution in [2.24, 2.45) is 0 Å². The monoisotopic (exact) mass is 321 g/mol. The van der Waals surface area contributed by atoms with Crippen molar-refractivity contribution < 1.29 is 9.90 Å². The molecule has 1 amide bonds. The van der Waals surface area contributed by atoms with Gasteiger partial charge >= 0.3 is 0 Å². The van der Waals surface area contributed by atoms with Crippen LogP contribution in [-0.4, -0.2) is 11.0 Å². The lowest BCUT2D eigenvalue weighted by atomic mass is 10.1. The summed E-state index contributed by atoms with van der Waals surface area (Å²) in [6, 6.07) is 14.2. The van der Waals surface area contributed by atoms with Gasteiger partial charge in [-0.2, -0.15) is 5.26 Å². The van der Waals surface area contributed by atoms with E-state index in [0.29, 0.717) is 0 Å². The van der Waals surface area contributed by atoms with Gasteiger partial charge in [0.15, 0.2) is 0 Å². The smallest absolute Gasteiger partial charge is 0.267 e. The number of hydrogen-bond donors (Lipinski definition) is 3. The Balaban J connectivity index is 2.20. The van der Waals surface area contributed by atoms with Crippen molar-refractivity contribution in [1.29, 1.82) is 5.26 Å². The van der Waals surface area contributed by atoms with E-state index in [1.165, 1.54) is 12.3 Å². The molecule has 0 heterocycles. The van der Waals surface area contributed by atoms with Crippen LogP contribution in [0.4, 0.5) is 11.4 Å². The van der Waals surface area contributed by atoms with Crippen molar-refractivity contribution in [2.75, 3.05) is 10.6 Å². The Bertz CT molecular complexity index is 820. The van der Waals surface area contributed by atoms with Crippen LogP contribution in [0.15, 0.2) is 54.2 Å². The van der Waals surface area contributed by atoms with Crippen LogP contribution in [0, 0.1) is 18.3 Å². The van der Waals surface area contributed by atoms with Gasteiger partial charge in [0, 0.05) is 11.9 Å². The van der Waals surface area contributed by atoms with Gasteiger partial charge in [0.05, 0.1) is 5.69 Å². The van der Waals surface area contributed by atoms with Crippen LogP contribution >= 0.6 is 0 Å². The summed E-state index contributed by atoms with van der Waals surface area (Å²) in [6.07, 6.45) is 2.22. The zero-order valence-corrected chi connectivity index (χ0v) is 13.6. The number of aromatic hydroxyl groups is 1. The maximum absolute atomic E-state index is 12.2. The number of benzene rings is 2. The Labute approximate surface area is 141 Å². The molecule has 0 aliphatic heterocycles. The van der Waals surface area contributed by atoms with Gasteiger partial charge in [-0.15, -0.1) is 0 Å². The minimum Gasteiger partial charge on any atom is -0.506 e. The first-order chi connectivity index (χ1) is 11.6. The van der Waals surface area contributed by atoms with Gasteiger partial charge in [-0.25, -0.2) is 0 Å². The summed E-state index contributed by atoms with van der Waals surface area (Å²) >= 11 is 0. The molecule has 5 nitrogen and oxygen atoms in total. The molecule has 2 aromatic carbocycles. The lowest BCUT2D eigenvalue weighted by Gasteiger charge is -2.11. The van der Waals surface area contributed by atoms with E-state index in [4.69, 9.17) is 0 Å². The number of hydrogen-bond acceptors (Lipinski definition) is 4. The average Bonchev–Trinajstić information content (AvgIpc) is 2.58. The Morgan fingerprint density at radius 3 is 2.67 bits per heavy atom. The van der Waals surface area contributed by atoms with Crippen LogP contribution in [0.25, 0.3) is 0 Å². The van der Waals surface area contributed by atoms with Gasteiger partial charge in [0.2, 0.25) is 0 Å². The maximum Gasteiger partial charge on any atom is 0.267 e. The SMILES string of the molecule is CCc1cccc(C)c1N/C=C(/C#N)C(=O)Nc1ccccc1O. The molecule has 122 valence electrons. The fraction of sp³-hybridized carbons (Fsp3) is 0.158. The molecule has 3 N–H and O–H groups in total. The van der Waals surface area contributed by atoms with Crippen molar-refractivity contribution in [1.82, 2.24) is 0 Å². The standard InChI is InChI=1S/C19H19N3O2/c1-3-14-8-6-7-13(2)18(14)21-12-15(11-20)19(24)22-16-9-4-5-10-17(16)23/h4-10,12,21,23H,3H2,1-2H3,(H,22,24)/b15-12-. The molecule has 24 heavy (non-hydrogen) atoms. The van der Waals surface area contributed by atoms with E-state index in [-0.39, 0.29) is 17.0 Å². The third-order valence-corrected chi connectivity index (χ3v) is 3.62. The van der Waals surface area contributed by atoms with Crippen LogP contribution in [0.3, 0.4) is 0 Å². The second kappa shape index (κ2) is 7.84. The molecule has 0 spiro atoms. The number of nitrogens with zero attached hydrogens (tertiary/aromatic N) is 1. The number of nitriles is 1. The first kappa shape index (κ1) is 17.1. The molecule has 2 rings (SSSR count). The predicted molar refractivity (Wildman–Crippen MR) is 94.6 cm³/mol. The quantitative estimate of drug-likeness (QED) is 0.445. The molecule has 0 aromatic heterocycles. The van der Waals surface area contributed by atoms with Crippen LogP contribution < -0.4 is 10.6 Å². The first-order valence-electron chi connectivity index (χ1n) is 7.61. The second-order valence-corrected chi connectivity index (χ2v) is 5.25. The molecule has 0 atom stereocenters. The maximum atomic E-state index is 12.2. The number of amides is 1. The van der Waals surface area contributed by atoms with Crippen molar-refractivity contribution in [3.8, 4) is 11.8 Å². The molecule has 5 heteroatoms. The molecule has 0 saturated carbocycles. The number of carbonyl (C=O) groups excluding carboxylic acids is 1. The molecule has 0 aliphatic carbocycles. The van der Waals surface area contributed by atoms with E-state index >= 15 is 0 Å². The Kier molecular flexibility index (Phi) is 5.58. The third-order valence-electron chi connectivity index (χ3n) is 3.62. The average molecular weight is 321 g/mol. The number of nitrogens with one attached hydrogen (secondary N) is 2. The second-order valence-electron chi connectivity index (χ2n) is 5.25. The summed E-state index contributed by atoms with van der Waals surface area (Å²) in [5.41, 5.74) is 3.20. The number of phenolic OH excluding ortho intramolecular Hbond substituents is 1. The number of phenols is 1. The summed E-state index contributed by atoms with van der Waals surface area (Å²) in [6.45, 7) is 4.00. The number of aryl methyl sites for hydroxylation is 2. The van der Waals surface area contributed by atoms with Crippen molar-refractivity contribution >= 4 is 17.3 Å². The zero-order chi connectivity index (χ0) is 17.5. The fourth-order valence-corrected chi connectivity index (χ4v) is 2.29. The summed E-state index contributed by atoms with van der Waals surface area (Å²) in [7, 11) is 0. The molecular weight excluding hydrogens is 302 g/mol. The van der Waals surface area contributed by atoms with Crippen LogP contribution in [0.1, 0.15) is 18.1 Å². The molecule has 0 bridgehead atoms. The Morgan fingerprint density at radius 2 is 2.00 bits per heavy atom. The summed E-state index contributed by atoms with van der Waals surface area (Å²) in [4.78, 5) is 12.2. The Morgan fingerprint density at radius 1 is 1.25 bits per heavy atom. The number of carbonyl (C=O) groups is 1. The normalized spacial score (nSPS) is 10.8. The molecular formula is C19H19N3O2. The molecule has 0 saturated heterocycles. The van der Waals surface area contributed by atoms with E-state index in [0.717, 1.165) is 23.2 Å². The summed E-state index contributed by atoms with van der Waals surface area (Å²) in [5, 5.41) is 24.5. The van der Waals surface area contributed by atoms with Gasteiger partial charge < -0.3 is 15.7 Å². The minimum atomic E-state index is -0.585. The van der Waals surface area contributed by atoms with Crippen LogP contribution in [0.2, 0.25) is 0 Å². The van der Waals surface area contributed by atoms with E-state index in [1.54, 1.807) is 18.2 Å². The first-order valence-corrected chi connectivity index (χ1v) is 7.61. The summed E-state index contributed by atoms with van der Waals surface area (Å²) < 4.78 is 0. The molecule has 0 unspecified atom stereocenters. The highest BCUT2D eigenvalue weighted by Gasteiger charge is 2.12. The largest absolute Gasteiger partial charge is 0.506 e. The van der Waals surface area contributed by atoms with Gasteiger partial charge in [0.25, 0.3) is 5.91 Å². The highest BCUT2D eigenvalue weighted by Crippen LogP contribution is 2.23. The fourth-order valence-electron chi connectivity index (χ4n) is 2.29. The van der Waals surface area contributed by atoms with E-state index in [9.17, 15) is 15.2 Å². The lowest BCUT2D eigenvalue weighted by molar-refractivity contribution is -0.112. The topological polar surface area (TPSA) is 85.2 Å². The van der Waals surface area contributed by atoms with Crippen LogP contribution in [-0.2, 0) is 11.2 Å². The molecule has 0 fully saturated rings. The number of rotatable bonds is 5. The minimum absolute atomic E-state index is 0.0525. The number of anilines is 2. The van der Waals surface area contributed by atoms with Crippen molar-refractivity contribution in [3.63, 3.8) is 0 Å².